The van der Waals surface area contributed by atoms with Crippen molar-refractivity contribution in [2.75, 3.05) is 11.9 Å². The van der Waals surface area contributed by atoms with Crippen molar-refractivity contribution in [1.82, 2.24) is 29.4 Å². The van der Waals surface area contributed by atoms with Crippen molar-refractivity contribution in [3.8, 4) is 11.5 Å². The number of likely N-dealkylation sites (tertiary alicyclic amines) is 1. The molecule has 0 saturated carbocycles. The standard InChI is InChI=1S/C31H30FN7O2/c1-5-29(40)39-15-20(7-6-19(39)3)23-9-10-24-30(36-23)31(34-16-33-24)37-25-12-18(2)28(14-22(25)32)41-21-8-11-27-26(13-21)35-17-38(27)4/h5,8-14,16-17,19-20H,1,6-7,15H2,2-4H3,(H,33,34,37)/t19-,20+/m1/s1. The molecule has 0 spiro atoms. The molecule has 1 amide bonds. The van der Waals surface area contributed by atoms with E-state index < -0.39 is 5.82 Å². The van der Waals surface area contributed by atoms with Gasteiger partial charge in [-0.1, -0.05) is 6.58 Å². The number of benzene rings is 2. The number of anilines is 2. The Labute approximate surface area is 236 Å². The second-order valence-electron chi connectivity index (χ2n) is 10.5. The number of nitrogens with one attached hydrogen (secondary N) is 1. The van der Waals surface area contributed by atoms with Crippen LogP contribution < -0.4 is 10.1 Å². The van der Waals surface area contributed by atoms with Crippen LogP contribution in [0.15, 0.2) is 67.8 Å². The zero-order valence-corrected chi connectivity index (χ0v) is 23.1. The zero-order chi connectivity index (χ0) is 28.7. The van der Waals surface area contributed by atoms with Gasteiger partial charge in [-0.3, -0.25) is 4.79 Å². The second-order valence-corrected chi connectivity index (χ2v) is 10.5. The van der Waals surface area contributed by atoms with Gasteiger partial charge in [-0.05, 0) is 68.7 Å². The first-order valence-corrected chi connectivity index (χ1v) is 13.5. The van der Waals surface area contributed by atoms with Gasteiger partial charge in [0.25, 0.3) is 0 Å². The molecule has 9 nitrogen and oxygen atoms in total. The van der Waals surface area contributed by atoms with Crippen molar-refractivity contribution >= 4 is 39.5 Å². The first-order chi connectivity index (χ1) is 19.8. The molecule has 0 radical (unpaired) electrons. The van der Waals surface area contributed by atoms with Crippen molar-refractivity contribution in [1.29, 1.82) is 0 Å². The molecule has 2 atom stereocenters. The van der Waals surface area contributed by atoms with Crippen molar-refractivity contribution in [2.45, 2.75) is 38.6 Å². The maximum atomic E-state index is 15.4. The second kappa shape index (κ2) is 10.6. The number of hydrogen-bond donors (Lipinski definition) is 1. The van der Waals surface area contributed by atoms with Crippen LogP contribution in [0, 0.1) is 12.7 Å². The molecular formula is C31H30FN7O2. The third kappa shape index (κ3) is 5.08. The van der Waals surface area contributed by atoms with Crippen LogP contribution in [0.25, 0.3) is 22.1 Å². The summed E-state index contributed by atoms with van der Waals surface area (Å²) in [5.41, 5.74) is 4.78. The van der Waals surface area contributed by atoms with Crippen molar-refractivity contribution in [3.63, 3.8) is 0 Å². The van der Waals surface area contributed by atoms with Gasteiger partial charge in [0, 0.05) is 43.4 Å². The Morgan fingerprint density at radius 3 is 2.80 bits per heavy atom. The van der Waals surface area contributed by atoms with Crippen LogP contribution in [-0.2, 0) is 11.8 Å². The van der Waals surface area contributed by atoms with Gasteiger partial charge in [-0.2, -0.15) is 0 Å². The Kier molecular flexibility index (Phi) is 6.82. The number of amides is 1. The van der Waals surface area contributed by atoms with E-state index in [2.05, 4.69) is 26.8 Å². The summed E-state index contributed by atoms with van der Waals surface area (Å²) in [5, 5.41) is 3.11. The number of piperidine rings is 1. The Morgan fingerprint density at radius 2 is 1.98 bits per heavy atom. The smallest absolute Gasteiger partial charge is 0.246 e. The van der Waals surface area contributed by atoms with Crippen LogP contribution in [0.3, 0.4) is 0 Å². The molecule has 1 aliphatic rings. The predicted molar refractivity (Wildman–Crippen MR) is 156 cm³/mol. The van der Waals surface area contributed by atoms with Crippen molar-refractivity contribution in [2.24, 2.45) is 7.05 Å². The highest BCUT2D eigenvalue weighted by Crippen LogP contribution is 2.34. The molecule has 1 fully saturated rings. The van der Waals surface area contributed by atoms with E-state index in [9.17, 15) is 4.79 Å². The van der Waals surface area contributed by atoms with Crippen LogP contribution in [0.1, 0.15) is 36.9 Å². The number of hydrogen-bond acceptors (Lipinski definition) is 7. The quantitative estimate of drug-likeness (QED) is 0.252. The highest BCUT2D eigenvalue weighted by atomic mass is 19.1. The molecule has 41 heavy (non-hydrogen) atoms. The van der Waals surface area contributed by atoms with E-state index in [0.29, 0.717) is 34.9 Å². The maximum absolute atomic E-state index is 15.4. The first kappa shape index (κ1) is 26.4. The molecule has 10 heteroatoms. The van der Waals surface area contributed by atoms with Crippen LogP contribution in [-0.4, -0.2) is 47.9 Å². The van der Waals surface area contributed by atoms with E-state index >= 15 is 4.39 Å². The van der Waals surface area contributed by atoms with E-state index in [-0.39, 0.29) is 23.6 Å². The van der Waals surface area contributed by atoms with Crippen LogP contribution in [0.2, 0.25) is 0 Å². The fourth-order valence-electron chi connectivity index (χ4n) is 5.35. The lowest BCUT2D eigenvalue weighted by atomic mass is 9.90. The van der Waals surface area contributed by atoms with Crippen LogP contribution in [0.5, 0.6) is 11.5 Å². The third-order valence-electron chi connectivity index (χ3n) is 7.70. The average Bonchev–Trinajstić information content (AvgIpc) is 3.35. The monoisotopic (exact) mass is 551 g/mol. The Hall–Kier alpha value is -4.86. The summed E-state index contributed by atoms with van der Waals surface area (Å²) in [5.74, 6) is 0.863. The Morgan fingerprint density at radius 1 is 1.12 bits per heavy atom. The molecule has 0 bridgehead atoms. The van der Waals surface area contributed by atoms with Gasteiger partial charge in [-0.25, -0.2) is 24.3 Å². The summed E-state index contributed by atoms with van der Waals surface area (Å²) in [6.45, 7) is 8.10. The average molecular weight is 552 g/mol. The normalized spacial score (nSPS) is 17.1. The van der Waals surface area contributed by atoms with Gasteiger partial charge >= 0.3 is 0 Å². The highest BCUT2D eigenvalue weighted by Gasteiger charge is 2.29. The molecule has 1 aliphatic heterocycles. The molecule has 5 aromatic rings. The summed E-state index contributed by atoms with van der Waals surface area (Å²) in [6, 6.07) is 12.6. The molecule has 0 unspecified atom stereocenters. The van der Waals surface area contributed by atoms with Gasteiger partial charge in [-0.15, -0.1) is 0 Å². The van der Waals surface area contributed by atoms with Crippen molar-refractivity contribution in [3.05, 3.63) is 84.8 Å². The summed E-state index contributed by atoms with van der Waals surface area (Å²) >= 11 is 0. The lowest BCUT2D eigenvalue weighted by molar-refractivity contribution is -0.129. The first-order valence-electron chi connectivity index (χ1n) is 13.5. The third-order valence-corrected chi connectivity index (χ3v) is 7.70. The number of carbonyl (C=O) groups excluding carboxylic acids is 1. The van der Waals surface area contributed by atoms with Gasteiger partial charge in [0.2, 0.25) is 5.91 Å². The van der Waals surface area contributed by atoms with E-state index in [1.54, 1.807) is 12.4 Å². The number of aromatic nitrogens is 5. The molecule has 6 rings (SSSR count). The molecule has 2 aromatic carbocycles. The minimum Gasteiger partial charge on any atom is -0.457 e. The van der Waals surface area contributed by atoms with E-state index in [0.717, 1.165) is 35.1 Å². The Balaban J connectivity index is 1.26. The number of ether oxygens (including phenoxy) is 1. The number of carbonyl (C=O) groups is 1. The molecule has 1 saturated heterocycles. The molecule has 4 heterocycles. The Bertz CT molecular complexity index is 1800. The SMILES string of the molecule is C=CC(=O)N1C[C@@H](c2ccc3ncnc(Nc4cc(C)c(Oc5ccc6c(c5)ncn6C)cc4F)c3n2)CC[C@H]1C. The largest absolute Gasteiger partial charge is 0.457 e. The van der Waals surface area contributed by atoms with Crippen LogP contribution in [0.4, 0.5) is 15.9 Å². The van der Waals surface area contributed by atoms with E-state index in [1.165, 1.54) is 18.5 Å². The maximum Gasteiger partial charge on any atom is 0.246 e. The van der Waals surface area contributed by atoms with Crippen molar-refractivity contribution < 1.29 is 13.9 Å². The minimum absolute atomic E-state index is 0.0632. The van der Waals surface area contributed by atoms with Gasteiger partial charge in [0.1, 0.15) is 29.2 Å². The number of fused-ring (bicyclic) bond motifs is 2. The molecular weight excluding hydrogens is 521 g/mol. The number of nitrogens with zero attached hydrogens (tertiary/aromatic N) is 6. The van der Waals surface area contributed by atoms with Gasteiger partial charge < -0.3 is 19.5 Å². The predicted octanol–water partition coefficient (Wildman–Crippen LogP) is 6.18. The zero-order valence-electron chi connectivity index (χ0n) is 23.1. The van der Waals surface area contributed by atoms with Crippen LogP contribution >= 0.6 is 0 Å². The number of aryl methyl sites for hydroxylation is 2. The molecule has 0 aliphatic carbocycles. The summed E-state index contributed by atoms with van der Waals surface area (Å²) in [6.07, 6.45) is 6.29. The highest BCUT2D eigenvalue weighted by molar-refractivity contribution is 5.88. The van der Waals surface area contributed by atoms with E-state index in [4.69, 9.17) is 9.72 Å². The molecule has 1 N–H and O–H groups in total. The number of rotatable bonds is 6. The number of pyridine rings is 1. The lowest BCUT2D eigenvalue weighted by Gasteiger charge is -2.37. The fourth-order valence-corrected chi connectivity index (χ4v) is 5.35. The molecule has 3 aromatic heterocycles. The van der Waals surface area contributed by atoms with Gasteiger partial charge in [0.05, 0.1) is 28.6 Å². The summed E-state index contributed by atoms with van der Waals surface area (Å²) in [4.78, 5) is 32.2. The minimum atomic E-state index is -0.493. The summed E-state index contributed by atoms with van der Waals surface area (Å²) in [7, 11) is 1.93. The van der Waals surface area contributed by atoms with Gasteiger partial charge in [0.15, 0.2) is 5.82 Å². The topological polar surface area (TPSA) is 98.1 Å². The number of halogens is 1. The molecule has 208 valence electrons. The fraction of sp³-hybridized carbons (Fsp3) is 0.258. The van der Waals surface area contributed by atoms with E-state index in [1.807, 2.05) is 60.7 Å². The number of imidazole rings is 1. The lowest BCUT2D eigenvalue weighted by Crippen LogP contribution is -2.44. The summed E-state index contributed by atoms with van der Waals surface area (Å²) < 4.78 is 23.3.